The Morgan fingerprint density at radius 3 is 2.75 bits per heavy atom. The smallest absolute Gasteiger partial charge is 0.246 e. The topological polar surface area (TPSA) is 59.2 Å². The molecule has 0 unspecified atom stereocenters. The van der Waals surface area contributed by atoms with Crippen LogP contribution in [-0.4, -0.2) is 27.5 Å². The molecule has 0 aliphatic rings. The van der Waals surface area contributed by atoms with Gasteiger partial charge in [0.15, 0.2) is 0 Å². The van der Waals surface area contributed by atoms with Gasteiger partial charge in [0.1, 0.15) is 0 Å². The van der Waals surface area contributed by atoms with Crippen LogP contribution in [0.1, 0.15) is 33.6 Å². The molecular formula is C14H19N3O2S. The van der Waals surface area contributed by atoms with Crippen molar-refractivity contribution in [2.45, 2.75) is 34.2 Å². The number of thiophene rings is 1. The van der Waals surface area contributed by atoms with Crippen molar-refractivity contribution in [1.82, 2.24) is 15.0 Å². The van der Waals surface area contributed by atoms with Gasteiger partial charge in [0, 0.05) is 12.0 Å². The van der Waals surface area contributed by atoms with Crippen molar-refractivity contribution in [1.29, 1.82) is 0 Å². The van der Waals surface area contributed by atoms with Gasteiger partial charge in [-0.25, -0.2) is 0 Å². The number of hydrogen-bond acceptors (Lipinski definition) is 5. The minimum absolute atomic E-state index is 0.0795. The molecule has 0 aliphatic heterocycles. The van der Waals surface area contributed by atoms with Crippen LogP contribution in [0.4, 0.5) is 0 Å². The Balaban J connectivity index is 2.11. The van der Waals surface area contributed by atoms with Crippen LogP contribution in [0.15, 0.2) is 22.0 Å². The third-order valence-electron chi connectivity index (χ3n) is 2.85. The maximum absolute atomic E-state index is 12.3. The Morgan fingerprint density at radius 1 is 1.45 bits per heavy atom. The fourth-order valence-electron chi connectivity index (χ4n) is 1.79. The number of rotatable bonds is 4. The molecule has 108 valence electrons. The zero-order valence-corrected chi connectivity index (χ0v) is 13.0. The molecule has 6 heteroatoms. The van der Waals surface area contributed by atoms with Gasteiger partial charge in [-0.3, -0.25) is 4.79 Å². The van der Waals surface area contributed by atoms with Crippen LogP contribution in [-0.2, 0) is 11.3 Å². The van der Waals surface area contributed by atoms with E-state index in [2.05, 4.69) is 10.1 Å². The van der Waals surface area contributed by atoms with E-state index in [0.717, 1.165) is 4.88 Å². The monoisotopic (exact) mass is 293 g/mol. The minimum atomic E-state index is -0.410. The summed E-state index contributed by atoms with van der Waals surface area (Å²) >= 11 is 1.56. The van der Waals surface area contributed by atoms with Crippen LogP contribution in [0, 0.1) is 5.41 Å². The van der Waals surface area contributed by atoms with Crippen molar-refractivity contribution in [3.8, 4) is 10.7 Å². The highest BCUT2D eigenvalue weighted by atomic mass is 32.1. The molecule has 0 N–H and O–H groups in total. The van der Waals surface area contributed by atoms with Crippen molar-refractivity contribution in [2.24, 2.45) is 5.41 Å². The van der Waals surface area contributed by atoms with Gasteiger partial charge < -0.3 is 9.42 Å². The molecule has 0 fully saturated rings. The Labute approximate surface area is 122 Å². The van der Waals surface area contributed by atoms with E-state index in [1.807, 2.05) is 45.2 Å². The SMILES string of the molecule is CCN(Cc1nc(-c2cccs2)no1)C(=O)C(C)(C)C. The summed E-state index contributed by atoms with van der Waals surface area (Å²) in [5.74, 6) is 1.12. The largest absolute Gasteiger partial charge is 0.337 e. The van der Waals surface area contributed by atoms with Gasteiger partial charge in [0.25, 0.3) is 0 Å². The molecule has 0 radical (unpaired) electrons. The molecule has 0 bridgehead atoms. The number of carbonyl (C=O) groups is 1. The normalized spacial score (nSPS) is 11.6. The fraction of sp³-hybridized carbons (Fsp3) is 0.500. The van der Waals surface area contributed by atoms with Crippen LogP contribution in [0.5, 0.6) is 0 Å². The summed E-state index contributed by atoms with van der Waals surface area (Å²) in [4.78, 5) is 19.3. The van der Waals surface area contributed by atoms with Crippen LogP contribution in [0.2, 0.25) is 0 Å². The molecule has 0 spiro atoms. The molecule has 1 amide bonds. The summed E-state index contributed by atoms with van der Waals surface area (Å²) in [6, 6.07) is 3.88. The van der Waals surface area contributed by atoms with E-state index in [9.17, 15) is 4.79 Å². The first-order valence-electron chi connectivity index (χ1n) is 6.57. The molecule has 0 atom stereocenters. The van der Waals surface area contributed by atoms with Crippen molar-refractivity contribution < 1.29 is 9.32 Å². The van der Waals surface area contributed by atoms with E-state index in [1.54, 1.807) is 16.2 Å². The third kappa shape index (κ3) is 3.25. The highest BCUT2D eigenvalue weighted by Crippen LogP contribution is 2.23. The van der Waals surface area contributed by atoms with Gasteiger partial charge >= 0.3 is 0 Å². The standard InChI is InChI=1S/C14H19N3O2S/c1-5-17(13(18)14(2,3)4)9-11-15-12(16-19-11)10-7-6-8-20-10/h6-8H,5,9H2,1-4H3. The molecule has 0 saturated carbocycles. The second kappa shape index (κ2) is 5.75. The summed E-state index contributed by atoms with van der Waals surface area (Å²) in [5.41, 5.74) is -0.410. The lowest BCUT2D eigenvalue weighted by atomic mass is 9.95. The Hall–Kier alpha value is -1.69. The molecule has 5 nitrogen and oxygen atoms in total. The van der Waals surface area contributed by atoms with Crippen molar-refractivity contribution in [2.75, 3.05) is 6.54 Å². The lowest BCUT2D eigenvalue weighted by Crippen LogP contribution is -2.38. The van der Waals surface area contributed by atoms with E-state index in [0.29, 0.717) is 24.8 Å². The predicted octanol–water partition coefficient (Wildman–Crippen LogP) is 3.19. The molecule has 0 aromatic carbocycles. The molecule has 0 saturated heterocycles. The molecule has 20 heavy (non-hydrogen) atoms. The van der Waals surface area contributed by atoms with Crippen molar-refractivity contribution in [3.63, 3.8) is 0 Å². The summed E-state index contributed by atoms with van der Waals surface area (Å²) in [7, 11) is 0. The highest BCUT2D eigenvalue weighted by molar-refractivity contribution is 7.13. The van der Waals surface area contributed by atoms with E-state index in [-0.39, 0.29) is 5.91 Å². The van der Waals surface area contributed by atoms with Gasteiger partial charge in [-0.15, -0.1) is 11.3 Å². The van der Waals surface area contributed by atoms with E-state index in [1.165, 1.54) is 0 Å². The predicted molar refractivity (Wildman–Crippen MR) is 78.2 cm³/mol. The van der Waals surface area contributed by atoms with Crippen LogP contribution < -0.4 is 0 Å². The zero-order valence-electron chi connectivity index (χ0n) is 12.2. The number of nitrogens with zero attached hydrogens (tertiary/aromatic N) is 3. The Kier molecular flexibility index (Phi) is 4.23. The molecule has 2 aromatic heterocycles. The molecule has 0 aliphatic carbocycles. The van der Waals surface area contributed by atoms with Gasteiger partial charge in [0.05, 0.1) is 11.4 Å². The second-order valence-electron chi connectivity index (χ2n) is 5.56. The number of hydrogen-bond donors (Lipinski definition) is 0. The van der Waals surface area contributed by atoms with Gasteiger partial charge in [-0.05, 0) is 18.4 Å². The average molecular weight is 293 g/mol. The highest BCUT2D eigenvalue weighted by Gasteiger charge is 2.27. The number of amides is 1. The van der Waals surface area contributed by atoms with Crippen LogP contribution in [0.3, 0.4) is 0 Å². The minimum Gasteiger partial charge on any atom is -0.337 e. The Morgan fingerprint density at radius 2 is 2.20 bits per heavy atom. The first kappa shape index (κ1) is 14.7. The quantitative estimate of drug-likeness (QED) is 0.868. The Bertz CT molecular complexity index is 570. The summed E-state index contributed by atoms with van der Waals surface area (Å²) in [6.07, 6.45) is 0. The van der Waals surface area contributed by atoms with E-state index in [4.69, 9.17) is 4.52 Å². The van der Waals surface area contributed by atoms with Crippen molar-refractivity contribution >= 4 is 17.2 Å². The second-order valence-corrected chi connectivity index (χ2v) is 6.51. The fourth-order valence-corrected chi connectivity index (χ4v) is 2.44. The number of aromatic nitrogens is 2. The zero-order chi connectivity index (χ0) is 14.8. The first-order valence-corrected chi connectivity index (χ1v) is 7.45. The first-order chi connectivity index (χ1) is 9.41. The molecule has 2 aromatic rings. The molecule has 2 heterocycles. The lowest BCUT2D eigenvalue weighted by Gasteiger charge is -2.27. The molecular weight excluding hydrogens is 274 g/mol. The van der Waals surface area contributed by atoms with Crippen LogP contribution >= 0.6 is 11.3 Å². The summed E-state index contributed by atoms with van der Waals surface area (Å²) in [5, 5.41) is 5.92. The van der Waals surface area contributed by atoms with E-state index >= 15 is 0 Å². The summed E-state index contributed by atoms with van der Waals surface area (Å²) in [6.45, 7) is 8.63. The maximum atomic E-state index is 12.3. The van der Waals surface area contributed by atoms with Crippen LogP contribution in [0.25, 0.3) is 10.7 Å². The van der Waals surface area contributed by atoms with Gasteiger partial charge in [-0.1, -0.05) is 32.0 Å². The van der Waals surface area contributed by atoms with Gasteiger partial charge in [-0.2, -0.15) is 4.98 Å². The third-order valence-corrected chi connectivity index (χ3v) is 3.71. The maximum Gasteiger partial charge on any atom is 0.246 e. The average Bonchev–Trinajstić information content (AvgIpc) is 3.04. The molecule has 2 rings (SSSR count). The van der Waals surface area contributed by atoms with Gasteiger partial charge in [0.2, 0.25) is 17.6 Å². The number of carbonyl (C=O) groups excluding carboxylic acids is 1. The summed E-state index contributed by atoms with van der Waals surface area (Å²) < 4.78 is 5.24. The van der Waals surface area contributed by atoms with E-state index < -0.39 is 5.41 Å². The van der Waals surface area contributed by atoms with Crippen molar-refractivity contribution in [3.05, 3.63) is 23.4 Å². The lowest BCUT2D eigenvalue weighted by molar-refractivity contribution is -0.140.